The molecule has 0 saturated carbocycles. The number of carbonyl (C=O) groups is 1. The van der Waals surface area contributed by atoms with Crippen molar-refractivity contribution in [1.82, 2.24) is 19.8 Å². The second kappa shape index (κ2) is 4.70. The number of H-pyrrole nitrogens is 2. The quantitative estimate of drug-likeness (QED) is 0.816. The van der Waals surface area contributed by atoms with Gasteiger partial charge in [0, 0.05) is 31.1 Å². The van der Waals surface area contributed by atoms with Crippen molar-refractivity contribution >= 4 is 5.91 Å². The van der Waals surface area contributed by atoms with Crippen molar-refractivity contribution in [2.45, 2.75) is 24.5 Å². The van der Waals surface area contributed by atoms with Crippen LogP contribution in [0.25, 0.3) is 0 Å². The minimum absolute atomic E-state index is 0.113. The fourth-order valence-corrected chi connectivity index (χ4v) is 4.63. The Bertz CT molecular complexity index is 651. The van der Waals surface area contributed by atoms with Gasteiger partial charge in [-0.25, -0.2) is 4.79 Å². The van der Waals surface area contributed by atoms with Crippen LogP contribution in [-0.2, 0) is 4.74 Å². The zero-order valence-corrected chi connectivity index (χ0v) is 13.0. The van der Waals surface area contributed by atoms with E-state index >= 15 is 0 Å². The lowest BCUT2D eigenvalue weighted by Gasteiger charge is -2.30. The first-order valence-corrected chi connectivity index (χ1v) is 7.88. The summed E-state index contributed by atoms with van der Waals surface area (Å²) < 4.78 is 6.32. The Morgan fingerprint density at radius 2 is 2.36 bits per heavy atom. The number of amides is 1. The van der Waals surface area contributed by atoms with Gasteiger partial charge in [0.15, 0.2) is 0 Å². The Morgan fingerprint density at radius 3 is 3.05 bits per heavy atom. The molecule has 4 heterocycles. The topological polar surface area (TPSA) is 81.4 Å². The van der Waals surface area contributed by atoms with Gasteiger partial charge in [0.1, 0.15) is 5.69 Å². The molecule has 120 valence electrons. The van der Waals surface area contributed by atoms with E-state index in [1.165, 1.54) is 6.20 Å². The van der Waals surface area contributed by atoms with Gasteiger partial charge in [0.2, 0.25) is 0 Å². The van der Waals surface area contributed by atoms with E-state index in [9.17, 15) is 9.59 Å². The molecule has 0 aromatic carbocycles. The Morgan fingerprint density at radius 1 is 1.55 bits per heavy atom. The van der Waals surface area contributed by atoms with Crippen LogP contribution in [0.1, 0.15) is 23.3 Å². The Balaban J connectivity index is 1.56. The fourth-order valence-electron chi connectivity index (χ4n) is 4.63. The summed E-state index contributed by atoms with van der Waals surface area (Å²) in [6.07, 6.45) is 3.93. The highest BCUT2D eigenvalue weighted by Crippen LogP contribution is 2.55. The highest BCUT2D eigenvalue weighted by atomic mass is 16.5. The van der Waals surface area contributed by atoms with E-state index in [-0.39, 0.29) is 17.2 Å². The van der Waals surface area contributed by atoms with Crippen LogP contribution in [0.3, 0.4) is 0 Å². The number of carbonyl (C=O) groups excluding carboxylic acids is 1. The van der Waals surface area contributed by atoms with E-state index in [0.29, 0.717) is 30.2 Å². The van der Waals surface area contributed by atoms with E-state index in [1.807, 2.05) is 4.90 Å². The summed E-state index contributed by atoms with van der Waals surface area (Å²) in [7, 11) is 4.17. The highest BCUT2D eigenvalue weighted by molar-refractivity contribution is 5.92. The van der Waals surface area contributed by atoms with Crippen molar-refractivity contribution in [2.24, 2.45) is 11.8 Å². The van der Waals surface area contributed by atoms with E-state index < -0.39 is 0 Å². The van der Waals surface area contributed by atoms with Crippen molar-refractivity contribution in [3.05, 3.63) is 22.4 Å². The predicted octanol–water partition coefficient (Wildman–Crippen LogP) is -0.116. The molecule has 3 aliphatic heterocycles. The first kappa shape index (κ1) is 14.0. The van der Waals surface area contributed by atoms with Crippen LogP contribution in [0.2, 0.25) is 0 Å². The Labute approximate surface area is 128 Å². The summed E-state index contributed by atoms with van der Waals surface area (Å²) >= 11 is 0. The number of rotatable bonds is 3. The Kier molecular flexibility index (Phi) is 2.99. The van der Waals surface area contributed by atoms with Gasteiger partial charge in [-0.15, -0.1) is 0 Å². The number of hydrogen-bond donors (Lipinski definition) is 2. The monoisotopic (exact) mass is 306 g/mol. The van der Waals surface area contributed by atoms with Crippen LogP contribution in [0.5, 0.6) is 0 Å². The standard InChI is InChI=1S/C15H22N4O3/c1-18(2)6-9-10-7-19(8-15(10)4-3-12(9)22-15)13(20)11-5-16-14(21)17-11/h5,9-10,12H,3-4,6-8H2,1-2H3,(H2,16,17,21)/t9-,10+,12+,15+/m1/s1. The SMILES string of the molecule is CN(C)C[C@H]1[C@@H]2CC[C@@]3(CN(C(=O)c4c[nH]c(=O)[nH]4)C[C@@H]13)O2. The third-order valence-electron chi connectivity index (χ3n) is 5.47. The van der Waals surface area contributed by atoms with Gasteiger partial charge in [-0.3, -0.25) is 4.79 Å². The van der Waals surface area contributed by atoms with Crippen molar-refractivity contribution < 1.29 is 9.53 Å². The summed E-state index contributed by atoms with van der Waals surface area (Å²) in [5, 5.41) is 0. The molecule has 3 aliphatic rings. The summed E-state index contributed by atoms with van der Waals surface area (Å²) in [5.74, 6) is 0.785. The lowest BCUT2D eigenvalue weighted by Crippen LogP contribution is -2.40. The second-order valence-electron chi connectivity index (χ2n) is 7.13. The van der Waals surface area contributed by atoms with Crippen LogP contribution in [0.15, 0.2) is 11.0 Å². The van der Waals surface area contributed by atoms with Crippen LogP contribution in [-0.4, -0.2) is 71.1 Å². The maximum Gasteiger partial charge on any atom is 0.323 e. The molecule has 3 fully saturated rings. The van der Waals surface area contributed by atoms with Crippen molar-refractivity contribution in [2.75, 3.05) is 33.7 Å². The molecule has 4 atom stereocenters. The number of nitrogens with one attached hydrogen (secondary N) is 2. The number of hydrogen-bond acceptors (Lipinski definition) is 4. The Hall–Kier alpha value is -1.60. The zero-order chi connectivity index (χ0) is 15.5. The number of ether oxygens (including phenoxy) is 1. The van der Waals surface area contributed by atoms with Crippen LogP contribution in [0.4, 0.5) is 0 Å². The maximum absolute atomic E-state index is 12.6. The average molecular weight is 306 g/mol. The summed E-state index contributed by atoms with van der Waals surface area (Å²) in [4.78, 5) is 32.8. The van der Waals surface area contributed by atoms with E-state index in [2.05, 4.69) is 29.0 Å². The molecule has 0 aliphatic carbocycles. The van der Waals surface area contributed by atoms with Gasteiger partial charge >= 0.3 is 5.69 Å². The molecule has 0 unspecified atom stereocenters. The van der Waals surface area contributed by atoms with Crippen molar-refractivity contribution in [3.63, 3.8) is 0 Å². The minimum Gasteiger partial charge on any atom is -0.369 e. The number of nitrogens with zero attached hydrogens (tertiary/aromatic N) is 2. The molecule has 7 nitrogen and oxygen atoms in total. The maximum atomic E-state index is 12.6. The smallest absolute Gasteiger partial charge is 0.323 e. The summed E-state index contributed by atoms with van der Waals surface area (Å²) in [6.45, 7) is 2.37. The number of fused-ring (bicyclic) bond motifs is 1. The summed E-state index contributed by atoms with van der Waals surface area (Å²) in [5.41, 5.74) is -0.166. The van der Waals surface area contributed by atoms with Crippen LogP contribution >= 0.6 is 0 Å². The van der Waals surface area contributed by atoms with Gasteiger partial charge in [0.05, 0.1) is 18.2 Å². The van der Waals surface area contributed by atoms with E-state index in [4.69, 9.17) is 4.74 Å². The van der Waals surface area contributed by atoms with Gasteiger partial charge < -0.3 is 24.5 Å². The highest BCUT2D eigenvalue weighted by Gasteiger charge is 2.63. The molecule has 1 amide bonds. The fraction of sp³-hybridized carbons (Fsp3) is 0.733. The molecule has 2 N–H and O–H groups in total. The van der Waals surface area contributed by atoms with E-state index in [1.54, 1.807) is 0 Å². The average Bonchev–Trinajstić information content (AvgIpc) is 3.18. The number of likely N-dealkylation sites (tertiary alicyclic amines) is 1. The van der Waals surface area contributed by atoms with Crippen LogP contribution in [0, 0.1) is 11.8 Å². The molecule has 0 radical (unpaired) electrons. The van der Waals surface area contributed by atoms with Gasteiger partial charge in [-0.1, -0.05) is 0 Å². The first-order chi connectivity index (χ1) is 10.5. The van der Waals surface area contributed by atoms with Gasteiger partial charge in [-0.05, 0) is 26.9 Å². The normalized spacial score (nSPS) is 36.3. The lowest BCUT2D eigenvalue weighted by molar-refractivity contribution is 0.00250. The molecule has 1 aromatic rings. The molecule has 3 saturated heterocycles. The molecule has 1 aromatic heterocycles. The van der Waals surface area contributed by atoms with Gasteiger partial charge in [0.25, 0.3) is 5.91 Å². The predicted molar refractivity (Wildman–Crippen MR) is 79.7 cm³/mol. The third-order valence-corrected chi connectivity index (χ3v) is 5.47. The largest absolute Gasteiger partial charge is 0.369 e. The minimum atomic E-state index is -0.344. The molecule has 1 spiro atoms. The number of aromatic nitrogens is 2. The molecular formula is C15H22N4O3. The molecule has 2 bridgehead atoms. The van der Waals surface area contributed by atoms with Gasteiger partial charge in [-0.2, -0.15) is 0 Å². The van der Waals surface area contributed by atoms with E-state index in [0.717, 1.165) is 25.9 Å². The second-order valence-corrected chi connectivity index (χ2v) is 7.13. The third kappa shape index (κ3) is 1.95. The molecular weight excluding hydrogens is 284 g/mol. The molecule has 22 heavy (non-hydrogen) atoms. The molecule has 4 rings (SSSR count). The first-order valence-electron chi connectivity index (χ1n) is 7.88. The number of aromatic amines is 2. The lowest BCUT2D eigenvalue weighted by atomic mass is 9.73. The van der Waals surface area contributed by atoms with Crippen molar-refractivity contribution in [1.29, 1.82) is 0 Å². The molecule has 7 heteroatoms. The number of imidazole rings is 1. The van der Waals surface area contributed by atoms with Crippen LogP contribution < -0.4 is 5.69 Å². The van der Waals surface area contributed by atoms with Crippen molar-refractivity contribution in [3.8, 4) is 0 Å². The zero-order valence-electron chi connectivity index (χ0n) is 13.0. The summed E-state index contributed by atoms with van der Waals surface area (Å²) in [6, 6.07) is 0.